The van der Waals surface area contributed by atoms with Crippen LogP contribution in [0.1, 0.15) is 43.1 Å². The molecule has 1 aliphatic rings. The predicted octanol–water partition coefficient (Wildman–Crippen LogP) is 2.84. The average Bonchev–Trinajstić information content (AvgIpc) is 2.48. The zero-order valence-electron chi connectivity index (χ0n) is 12.0. The summed E-state index contributed by atoms with van der Waals surface area (Å²) in [7, 11) is 0. The van der Waals surface area contributed by atoms with Gasteiger partial charge in [-0.05, 0) is 31.4 Å². The molecule has 1 amide bonds. The van der Waals surface area contributed by atoms with Gasteiger partial charge in [-0.25, -0.2) is 4.98 Å². The molecule has 6 heteroatoms. The van der Waals surface area contributed by atoms with Gasteiger partial charge in [0.1, 0.15) is 5.69 Å². The van der Waals surface area contributed by atoms with Gasteiger partial charge in [0.15, 0.2) is 0 Å². The number of piperidine rings is 1. The molecule has 1 aliphatic heterocycles. The van der Waals surface area contributed by atoms with Crippen molar-refractivity contribution in [3.05, 3.63) is 29.0 Å². The molecule has 0 saturated carbocycles. The quantitative estimate of drug-likeness (QED) is 0.928. The number of nitrogens with zero attached hydrogens (tertiary/aromatic N) is 2. The molecule has 1 unspecified atom stereocenters. The maximum atomic E-state index is 12.5. The SMILES string of the molecule is CCCC1(C(=O)O)CCCN(C(=O)c2ccc(Cl)cn2)C1. The molecular formula is C15H19ClN2O3. The highest BCUT2D eigenvalue weighted by atomic mass is 35.5. The first-order valence-electron chi connectivity index (χ1n) is 7.13. The van der Waals surface area contributed by atoms with Gasteiger partial charge in [-0.2, -0.15) is 0 Å². The minimum absolute atomic E-state index is 0.229. The predicted molar refractivity (Wildman–Crippen MR) is 79.4 cm³/mol. The first-order valence-corrected chi connectivity index (χ1v) is 7.50. The van der Waals surface area contributed by atoms with Crippen molar-refractivity contribution in [1.29, 1.82) is 0 Å². The highest BCUT2D eigenvalue weighted by molar-refractivity contribution is 6.30. The molecule has 114 valence electrons. The van der Waals surface area contributed by atoms with E-state index in [-0.39, 0.29) is 12.5 Å². The fourth-order valence-electron chi connectivity index (χ4n) is 2.93. The first-order chi connectivity index (χ1) is 9.98. The molecule has 1 aromatic rings. The third-order valence-corrected chi connectivity index (χ3v) is 4.22. The largest absolute Gasteiger partial charge is 0.481 e. The number of amides is 1. The van der Waals surface area contributed by atoms with Crippen LogP contribution in [0.3, 0.4) is 0 Å². The monoisotopic (exact) mass is 310 g/mol. The third-order valence-electron chi connectivity index (χ3n) is 3.99. The zero-order chi connectivity index (χ0) is 15.5. The van der Waals surface area contributed by atoms with Crippen molar-refractivity contribution in [2.75, 3.05) is 13.1 Å². The Balaban J connectivity index is 2.18. The van der Waals surface area contributed by atoms with E-state index in [0.29, 0.717) is 36.5 Å². The van der Waals surface area contributed by atoms with Crippen LogP contribution in [-0.4, -0.2) is 40.0 Å². The summed E-state index contributed by atoms with van der Waals surface area (Å²) < 4.78 is 0. The Kier molecular flexibility index (Phi) is 4.83. The summed E-state index contributed by atoms with van der Waals surface area (Å²) in [4.78, 5) is 29.7. The first kappa shape index (κ1) is 15.8. The van der Waals surface area contributed by atoms with Crippen LogP contribution in [0.2, 0.25) is 5.02 Å². The summed E-state index contributed by atoms with van der Waals surface area (Å²) in [6.45, 7) is 2.79. The fourth-order valence-corrected chi connectivity index (χ4v) is 3.05. The van der Waals surface area contributed by atoms with Gasteiger partial charge in [-0.15, -0.1) is 0 Å². The fraction of sp³-hybridized carbons (Fsp3) is 0.533. The topological polar surface area (TPSA) is 70.5 Å². The van der Waals surface area contributed by atoms with E-state index in [9.17, 15) is 14.7 Å². The normalized spacial score (nSPS) is 22.1. The summed E-state index contributed by atoms with van der Waals surface area (Å²) in [5.41, 5.74) is -0.521. The molecule has 21 heavy (non-hydrogen) atoms. The Morgan fingerprint density at radius 3 is 2.81 bits per heavy atom. The van der Waals surface area contributed by atoms with Crippen LogP contribution < -0.4 is 0 Å². The van der Waals surface area contributed by atoms with Crippen molar-refractivity contribution < 1.29 is 14.7 Å². The van der Waals surface area contributed by atoms with E-state index in [1.165, 1.54) is 6.20 Å². The van der Waals surface area contributed by atoms with Crippen LogP contribution in [0.5, 0.6) is 0 Å². The van der Waals surface area contributed by atoms with Crippen molar-refractivity contribution >= 4 is 23.5 Å². The van der Waals surface area contributed by atoms with Crippen LogP contribution in [0.15, 0.2) is 18.3 Å². The number of halogens is 1. The number of carbonyl (C=O) groups excluding carboxylic acids is 1. The molecule has 0 spiro atoms. The number of hydrogen-bond donors (Lipinski definition) is 1. The number of carboxylic acids is 1. The van der Waals surface area contributed by atoms with Gasteiger partial charge in [-0.1, -0.05) is 24.9 Å². The molecule has 2 heterocycles. The van der Waals surface area contributed by atoms with E-state index in [1.807, 2.05) is 6.92 Å². The lowest BCUT2D eigenvalue weighted by molar-refractivity contribution is -0.152. The number of carboxylic acid groups (broad SMARTS) is 1. The number of likely N-dealkylation sites (tertiary alicyclic amines) is 1. The number of carbonyl (C=O) groups is 2. The lowest BCUT2D eigenvalue weighted by Crippen LogP contribution is -2.50. The van der Waals surface area contributed by atoms with Crippen LogP contribution in [0, 0.1) is 5.41 Å². The zero-order valence-corrected chi connectivity index (χ0v) is 12.8. The molecule has 0 radical (unpaired) electrons. The smallest absolute Gasteiger partial charge is 0.311 e. The van der Waals surface area contributed by atoms with Crippen LogP contribution in [0.4, 0.5) is 0 Å². The van der Waals surface area contributed by atoms with Crippen molar-refractivity contribution in [1.82, 2.24) is 9.88 Å². The summed E-state index contributed by atoms with van der Waals surface area (Å²) in [5.74, 6) is -1.04. The van der Waals surface area contributed by atoms with E-state index in [1.54, 1.807) is 17.0 Å². The Hall–Kier alpha value is -1.62. The van der Waals surface area contributed by atoms with E-state index >= 15 is 0 Å². The molecule has 5 nitrogen and oxygen atoms in total. The molecule has 1 atom stereocenters. The second-order valence-electron chi connectivity index (χ2n) is 5.53. The van der Waals surface area contributed by atoms with E-state index in [4.69, 9.17) is 11.6 Å². The number of pyridine rings is 1. The molecular weight excluding hydrogens is 292 g/mol. The minimum atomic E-state index is -0.824. The third kappa shape index (κ3) is 3.35. The van der Waals surface area contributed by atoms with Crippen LogP contribution in [0.25, 0.3) is 0 Å². The number of rotatable bonds is 4. The summed E-state index contributed by atoms with van der Waals surface area (Å²) in [6, 6.07) is 3.18. The number of hydrogen-bond acceptors (Lipinski definition) is 3. The second-order valence-corrected chi connectivity index (χ2v) is 5.96. The van der Waals surface area contributed by atoms with Gasteiger partial charge in [0.25, 0.3) is 5.91 Å². The molecule has 1 aromatic heterocycles. The molecule has 1 saturated heterocycles. The van der Waals surface area contributed by atoms with E-state index in [0.717, 1.165) is 6.42 Å². The highest BCUT2D eigenvalue weighted by Crippen LogP contribution is 2.35. The van der Waals surface area contributed by atoms with Gasteiger partial charge in [0.2, 0.25) is 0 Å². The molecule has 1 fully saturated rings. The second kappa shape index (κ2) is 6.43. The molecule has 0 bridgehead atoms. The molecule has 0 aliphatic carbocycles. The Morgan fingerprint density at radius 2 is 2.24 bits per heavy atom. The number of aliphatic carboxylic acids is 1. The summed E-state index contributed by atoms with van der Waals surface area (Å²) in [5, 5.41) is 10.0. The van der Waals surface area contributed by atoms with Gasteiger partial charge in [0, 0.05) is 19.3 Å². The number of aromatic nitrogens is 1. The van der Waals surface area contributed by atoms with Gasteiger partial charge >= 0.3 is 5.97 Å². The van der Waals surface area contributed by atoms with Crippen molar-refractivity contribution in [3.8, 4) is 0 Å². The highest BCUT2D eigenvalue weighted by Gasteiger charge is 2.43. The lowest BCUT2D eigenvalue weighted by atomic mass is 9.76. The van der Waals surface area contributed by atoms with Gasteiger partial charge in [-0.3, -0.25) is 9.59 Å². The Bertz CT molecular complexity index is 528. The average molecular weight is 311 g/mol. The van der Waals surface area contributed by atoms with Crippen LogP contribution >= 0.6 is 11.6 Å². The molecule has 0 aromatic carbocycles. The summed E-state index contributed by atoms with van der Waals surface area (Å²) >= 11 is 5.77. The summed E-state index contributed by atoms with van der Waals surface area (Å²) in [6.07, 6.45) is 4.11. The van der Waals surface area contributed by atoms with Crippen LogP contribution in [-0.2, 0) is 4.79 Å². The van der Waals surface area contributed by atoms with Gasteiger partial charge < -0.3 is 10.0 Å². The van der Waals surface area contributed by atoms with Crippen molar-refractivity contribution in [3.63, 3.8) is 0 Å². The van der Waals surface area contributed by atoms with E-state index in [2.05, 4.69) is 4.98 Å². The Morgan fingerprint density at radius 1 is 1.48 bits per heavy atom. The molecule has 1 N–H and O–H groups in total. The lowest BCUT2D eigenvalue weighted by Gasteiger charge is -2.39. The van der Waals surface area contributed by atoms with Crippen molar-refractivity contribution in [2.24, 2.45) is 5.41 Å². The van der Waals surface area contributed by atoms with E-state index < -0.39 is 11.4 Å². The minimum Gasteiger partial charge on any atom is -0.481 e. The maximum Gasteiger partial charge on any atom is 0.311 e. The maximum absolute atomic E-state index is 12.5. The van der Waals surface area contributed by atoms with Gasteiger partial charge in [0.05, 0.1) is 10.4 Å². The molecule has 2 rings (SSSR count). The van der Waals surface area contributed by atoms with Crippen molar-refractivity contribution in [2.45, 2.75) is 32.6 Å². The standard InChI is InChI=1S/C15H19ClN2O3/c1-2-6-15(14(20)21)7-3-8-18(10-15)13(19)12-5-4-11(16)9-17-12/h4-5,9H,2-3,6-8,10H2,1H3,(H,20,21). The Labute approximate surface area is 128 Å².